The van der Waals surface area contributed by atoms with Crippen molar-refractivity contribution in [2.45, 2.75) is 6.54 Å². The maximum atomic E-state index is 14.7. The minimum Gasteiger partial charge on any atom is -0.478 e. The van der Waals surface area contributed by atoms with Crippen molar-refractivity contribution in [2.75, 3.05) is 5.32 Å². The van der Waals surface area contributed by atoms with Crippen molar-refractivity contribution in [3.05, 3.63) is 103 Å². The largest absolute Gasteiger partial charge is 0.478 e. The molecule has 1 aromatic heterocycles. The Bertz CT molecular complexity index is 1520. The van der Waals surface area contributed by atoms with Crippen LogP contribution >= 0.6 is 34.2 Å². The third-order valence-corrected chi connectivity index (χ3v) is 6.42. The van der Waals surface area contributed by atoms with Crippen molar-refractivity contribution in [3.63, 3.8) is 0 Å². The van der Waals surface area contributed by atoms with Gasteiger partial charge in [-0.05, 0) is 65.1 Å². The van der Waals surface area contributed by atoms with E-state index in [1.54, 1.807) is 12.3 Å². The molecule has 0 aliphatic carbocycles. The Hall–Kier alpha value is -3.44. The Labute approximate surface area is 216 Å². The smallest absolute Gasteiger partial charge is 0.337 e. The Morgan fingerprint density at radius 2 is 1.83 bits per heavy atom. The first-order chi connectivity index (χ1) is 16.8. The zero-order valence-corrected chi connectivity index (χ0v) is 20.6. The van der Waals surface area contributed by atoms with Gasteiger partial charge in [0, 0.05) is 32.1 Å². The van der Waals surface area contributed by atoms with Gasteiger partial charge in [0.25, 0.3) is 0 Å². The summed E-state index contributed by atoms with van der Waals surface area (Å²) < 4.78 is 30.3. The zero-order valence-electron chi connectivity index (χ0n) is 17.7. The summed E-state index contributed by atoms with van der Waals surface area (Å²) in [5, 5.41) is 12.4. The van der Waals surface area contributed by atoms with E-state index in [1.807, 2.05) is 18.2 Å². The number of halogens is 4. The predicted octanol–water partition coefficient (Wildman–Crippen LogP) is 6.47. The summed E-state index contributed by atoms with van der Waals surface area (Å²) in [6.07, 6.45) is 1.59. The number of anilines is 2. The molecule has 2 heterocycles. The molecule has 1 aliphatic heterocycles. The Kier molecular flexibility index (Phi) is 6.20. The molecule has 174 valence electrons. The number of hydrogen-bond acceptors (Lipinski definition) is 5. The zero-order chi connectivity index (χ0) is 24.7. The molecule has 4 aromatic rings. The molecule has 0 amide bonds. The fourth-order valence-electron chi connectivity index (χ4n) is 3.82. The highest BCUT2D eigenvalue weighted by Gasteiger charge is 2.25. The van der Waals surface area contributed by atoms with Crippen LogP contribution in [0.25, 0.3) is 11.3 Å². The second-order valence-corrected chi connectivity index (χ2v) is 9.30. The molecule has 0 saturated heterocycles. The van der Waals surface area contributed by atoms with Gasteiger partial charge in [-0.3, -0.25) is 4.99 Å². The van der Waals surface area contributed by atoms with E-state index < -0.39 is 17.6 Å². The third kappa shape index (κ3) is 4.48. The van der Waals surface area contributed by atoms with E-state index in [0.717, 1.165) is 3.57 Å². The monoisotopic (exact) mass is 602 g/mol. The number of carboxylic acid groups (broad SMARTS) is 1. The lowest BCUT2D eigenvalue weighted by Crippen LogP contribution is -2.10. The first-order valence-corrected chi connectivity index (χ1v) is 11.7. The molecule has 0 saturated carbocycles. The van der Waals surface area contributed by atoms with Gasteiger partial charge in [-0.2, -0.15) is 0 Å². The molecule has 0 bridgehead atoms. The molecule has 0 radical (unpaired) electrons. The molecule has 0 spiro atoms. The van der Waals surface area contributed by atoms with E-state index in [1.165, 1.54) is 30.3 Å². The number of benzene rings is 3. The summed E-state index contributed by atoms with van der Waals surface area (Å²) >= 11 is 8.09. The van der Waals surface area contributed by atoms with Gasteiger partial charge in [0.2, 0.25) is 5.95 Å². The number of nitrogens with zero attached hydrogens (tertiary/aromatic N) is 3. The Balaban J connectivity index is 1.61. The van der Waals surface area contributed by atoms with Gasteiger partial charge in [-0.25, -0.2) is 23.5 Å². The van der Waals surface area contributed by atoms with Crippen LogP contribution in [0.15, 0.2) is 65.8 Å². The minimum absolute atomic E-state index is 0.0590. The fraction of sp³-hybridized carbons (Fsp3) is 0.0400. The molecule has 1 aliphatic rings. The maximum Gasteiger partial charge on any atom is 0.337 e. The molecule has 5 rings (SSSR count). The number of hydrogen-bond donors (Lipinski definition) is 2. The Morgan fingerprint density at radius 1 is 1.06 bits per heavy atom. The van der Waals surface area contributed by atoms with Crippen LogP contribution in [-0.4, -0.2) is 26.8 Å². The lowest BCUT2D eigenvalue weighted by molar-refractivity contribution is 0.0697. The lowest BCUT2D eigenvalue weighted by atomic mass is 9.95. The maximum absolute atomic E-state index is 14.7. The number of carbonyl (C=O) groups is 1. The average Bonchev–Trinajstić information content (AvgIpc) is 2.97. The quantitative estimate of drug-likeness (QED) is 0.262. The number of aliphatic imine (C=N–C) groups is 1. The fourth-order valence-corrected chi connectivity index (χ4v) is 4.51. The van der Waals surface area contributed by atoms with Gasteiger partial charge in [0.15, 0.2) is 0 Å². The second kappa shape index (κ2) is 9.31. The van der Waals surface area contributed by atoms with E-state index >= 15 is 0 Å². The number of rotatable bonds is 4. The van der Waals surface area contributed by atoms with Crippen LogP contribution in [0.2, 0.25) is 5.02 Å². The molecule has 3 aromatic carbocycles. The van der Waals surface area contributed by atoms with Gasteiger partial charge < -0.3 is 10.4 Å². The summed E-state index contributed by atoms with van der Waals surface area (Å²) in [7, 11) is 0. The van der Waals surface area contributed by atoms with Gasteiger partial charge in [0.1, 0.15) is 11.6 Å². The molecule has 35 heavy (non-hydrogen) atoms. The van der Waals surface area contributed by atoms with Crippen LogP contribution in [0.1, 0.15) is 27.0 Å². The number of fused-ring (bicyclic) bond motifs is 3. The lowest BCUT2D eigenvalue weighted by Gasteiger charge is -2.13. The molecule has 6 nitrogen and oxygen atoms in total. The average molecular weight is 603 g/mol. The first kappa shape index (κ1) is 23.3. The first-order valence-electron chi connectivity index (χ1n) is 10.3. The topological polar surface area (TPSA) is 87.5 Å². The molecule has 2 N–H and O–H groups in total. The standard InChI is InChI=1S/C25H14ClF2IN4O2/c26-18-7-5-14(9-17(18)24(34)35)32-25-31-11-12-10-30-23(21-19(27)2-1-3-20(21)28)16-8-13(29)4-6-15(16)22(12)33-25/h1-9,11H,10H2,(H,34,35)(H,31,32,33). The van der Waals surface area contributed by atoms with E-state index in [4.69, 9.17) is 11.6 Å². The van der Waals surface area contributed by atoms with Crippen molar-refractivity contribution in [3.8, 4) is 11.3 Å². The summed E-state index contributed by atoms with van der Waals surface area (Å²) in [4.78, 5) is 24.9. The predicted molar refractivity (Wildman–Crippen MR) is 138 cm³/mol. The molecule has 10 heteroatoms. The van der Waals surface area contributed by atoms with E-state index in [2.05, 4.69) is 42.9 Å². The van der Waals surface area contributed by atoms with Crippen LogP contribution in [0.4, 0.5) is 20.4 Å². The van der Waals surface area contributed by atoms with E-state index in [0.29, 0.717) is 28.1 Å². The minimum atomic E-state index is -1.16. The normalized spacial score (nSPS) is 12.3. The van der Waals surface area contributed by atoms with Crippen LogP contribution < -0.4 is 5.32 Å². The van der Waals surface area contributed by atoms with Gasteiger partial charge in [-0.15, -0.1) is 0 Å². The molecule has 0 unspecified atom stereocenters. The van der Waals surface area contributed by atoms with Crippen molar-refractivity contribution >= 4 is 57.5 Å². The molecule has 0 fully saturated rings. The molecular weight excluding hydrogens is 589 g/mol. The number of aromatic carboxylic acids is 1. The second-order valence-electron chi connectivity index (χ2n) is 7.64. The number of nitrogens with one attached hydrogen (secondary N) is 1. The van der Waals surface area contributed by atoms with Crippen LogP contribution in [0.3, 0.4) is 0 Å². The van der Waals surface area contributed by atoms with Crippen molar-refractivity contribution in [1.29, 1.82) is 0 Å². The highest BCUT2D eigenvalue weighted by Crippen LogP contribution is 2.34. The summed E-state index contributed by atoms with van der Waals surface area (Å²) in [5.41, 5.74) is 2.80. The SMILES string of the molecule is O=C(O)c1cc(Nc2ncc3c(n2)-c2ccc(I)cc2C(c2c(F)cccc2F)=NC3)ccc1Cl. The van der Waals surface area contributed by atoms with Crippen molar-refractivity contribution in [1.82, 2.24) is 9.97 Å². The highest BCUT2D eigenvalue weighted by molar-refractivity contribution is 14.1. The third-order valence-electron chi connectivity index (χ3n) is 5.42. The number of aromatic nitrogens is 2. The summed E-state index contributed by atoms with van der Waals surface area (Å²) in [6, 6.07) is 13.7. The molecular formula is C25H14ClF2IN4O2. The van der Waals surface area contributed by atoms with E-state index in [-0.39, 0.29) is 34.4 Å². The number of carboxylic acids is 1. The van der Waals surface area contributed by atoms with Crippen molar-refractivity contribution < 1.29 is 18.7 Å². The van der Waals surface area contributed by atoms with Gasteiger partial charge in [0.05, 0.1) is 34.1 Å². The van der Waals surface area contributed by atoms with Crippen LogP contribution in [0, 0.1) is 15.2 Å². The van der Waals surface area contributed by atoms with Gasteiger partial charge in [-0.1, -0.05) is 23.7 Å². The van der Waals surface area contributed by atoms with Crippen molar-refractivity contribution in [2.24, 2.45) is 4.99 Å². The molecule has 0 atom stereocenters. The van der Waals surface area contributed by atoms with E-state index in [9.17, 15) is 18.7 Å². The van der Waals surface area contributed by atoms with Crippen LogP contribution in [-0.2, 0) is 6.54 Å². The van der Waals surface area contributed by atoms with Crippen LogP contribution in [0.5, 0.6) is 0 Å². The summed E-state index contributed by atoms with van der Waals surface area (Å²) in [5.74, 6) is -2.35. The van der Waals surface area contributed by atoms with Gasteiger partial charge >= 0.3 is 5.97 Å². The summed E-state index contributed by atoms with van der Waals surface area (Å²) in [6.45, 7) is 0.119. The highest BCUT2D eigenvalue weighted by atomic mass is 127. The Morgan fingerprint density at radius 3 is 2.57 bits per heavy atom.